The summed E-state index contributed by atoms with van der Waals surface area (Å²) in [5.41, 5.74) is 3.62. The Labute approximate surface area is 184 Å². The highest BCUT2D eigenvalue weighted by molar-refractivity contribution is 5.86. The molecule has 0 amide bonds. The van der Waals surface area contributed by atoms with Crippen molar-refractivity contribution in [2.75, 3.05) is 13.8 Å². The van der Waals surface area contributed by atoms with Gasteiger partial charge in [-0.1, -0.05) is 24.3 Å². The summed E-state index contributed by atoms with van der Waals surface area (Å²) in [5, 5.41) is 0.521. The molecular formula is C26H22FNO4. The fraction of sp³-hybridized carbons (Fsp3) is 0.192. The van der Waals surface area contributed by atoms with Crippen molar-refractivity contribution in [3.05, 3.63) is 93.6 Å². The monoisotopic (exact) mass is 431 g/mol. The van der Waals surface area contributed by atoms with E-state index in [0.29, 0.717) is 47.9 Å². The van der Waals surface area contributed by atoms with Crippen LogP contribution >= 0.6 is 0 Å². The van der Waals surface area contributed by atoms with E-state index in [1.165, 1.54) is 12.1 Å². The Bertz CT molecular complexity index is 1340. The fourth-order valence-electron chi connectivity index (χ4n) is 4.16. The molecule has 6 heteroatoms. The molecule has 0 N–H and O–H groups in total. The SMILES string of the molecule is COc1ccc(-c2c(C)oc3c4c(ccc3c2=O)OCN(Cc2ccc(F)cc2)C4)cc1. The summed E-state index contributed by atoms with van der Waals surface area (Å²) in [7, 11) is 1.61. The molecule has 0 unspecified atom stereocenters. The molecule has 5 nitrogen and oxygen atoms in total. The van der Waals surface area contributed by atoms with Crippen molar-refractivity contribution in [3.8, 4) is 22.6 Å². The van der Waals surface area contributed by atoms with E-state index in [1.54, 1.807) is 32.2 Å². The van der Waals surface area contributed by atoms with E-state index in [0.717, 1.165) is 22.4 Å². The molecule has 0 aliphatic carbocycles. The first-order chi connectivity index (χ1) is 15.5. The van der Waals surface area contributed by atoms with Gasteiger partial charge >= 0.3 is 0 Å². The number of rotatable bonds is 4. The number of aryl methyl sites for hydroxylation is 1. The van der Waals surface area contributed by atoms with Crippen LogP contribution in [0.3, 0.4) is 0 Å². The molecule has 0 radical (unpaired) electrons. The molecule has 1 aliphatic heterocycles. The summed E-state index contributed by atoms with van der Waals surface area (Å²) >= 11 is 0. The second-order valence-corrected chi connectivity index (χ2v) is 7.90. The molecule has 4 aromatic rings. The van der Waals surface area contributed by atoms with Gasteiger partial charge in [-0.25, -0.2) is 4.39 Å². The van der Waals surface area contributed by atoms with Crippen LogP contribution in [0.25, 0.3) is 22.1 Å². The molecule has 5 rings (SSSR count). The van der Waals surface area contributed by atoms with Crippen LogP contribution in [0.5, 0.6) is 11.5 Å². The molecular weight excluding hydrogens is 409 g/mol. The molecule has 0 spiro atoms. The molecule has 1 aliphatic rings. The van der Waals surface area contributed by atoms with Crippen LogP contribution in [-0.4, -0.2) is 18.7 Å². The average Bonchev–Trinajstić information content (AvgIpc) is 2.81. The average molecular weight is 431 g/mol. The number of fused-ring (bicyclic) bond motifs is 3. The number of methoxy groups -OCH3 is 1. The van der Waals surface area contributed by atoms with Crippen LogP contribution in [0, 0.1) is 12.7 Å². The molecule has 0 saturated carbocycles. The second kappa shape index (κ2) is 8.13. The van der Waals surface area contributed by atoms with Crippen molar-refractivity contribution < 1.29 is 18.3 Å². The van der Waals surface area contributed by atoms with Gasteiger partial charge in [0.2, 0.25) is 5.43 Å². The maximum atomic E-state index is 13.4. The predicted octanol–water partition coefficient (Wildman–Crippen LogP) is 5.27. The zero-order chi connectivity index (χ0) is 22.2. The van der Waals surface area contributed by atoms with Crippen molar-refractivity contribution in [1.82, 2.24) is 4.90 Å². The summed E-state index contributed by atoms with van der Waals surface area (Å²) in [6, 6.07) is 17.4. The summed E-state index contributed by atoms with van der Waals surface area (Å²) in [4.78, 5) is 15.5. The third-order valence-electron chi connectivity index (χ3n) is 5.78. The Kier molecular flexibility index (Phi) is 5.15. The number of hydrogen-bond acceptors (Lipinski definition) is 5. The third-order valence-corrected chi connectivity index (χ3v) is 5.78. The Morgan fingerprint density at radius 3 is 2.50 bits per heavy atom. The Hall–Kier alpha value is -3.64. The van der Waals surface area contributed by atoms with Gasteiger partial charge in [0.25, 0.3) is 0 Å². The van der Waals surface area contributed by atoms with Crippen molar-refractivity contribution in [1.29, 1.82) is 0 Å². The van der Waals surface area contributed by atoms with Crippen molar-refractivity contribution in [3.63, 3.8) is 0 Å². The van der Waals surface area contributed by atoms with Gasteiger partial charge in [-0.05, 0) is 54.4 Å². The molecule has 0 atom stereocenters. The minimum atomic E-state index is -0.259. The highest BCUT2D eigenvalue weighted by atomic mass is 19.1. The lowest BCUT2D eigenvalue weighted by Crippen LogP contribution is -2.31. The van der Waals surface area contributed by atoms with Gasteiger partial charge in [0.05, 0.1) is 23.6 Å². The molecule has 0 bridgehead atoms. The highest BCUT2D eigenvalue weighted by Crippen LogP contribution is 2.34. The highest BCUT2D eigenvalue weighted by Gasteiger charge is 2.24. The first-order valence-corrected chi connectivity index (χ1v) is 10.4. The number of benzene rings is 3. The minimum Gasteiger partial charge on any atom is -0.497 e. The van der Waals surface area contributed by atoms with Gasteiger partial charge in [0.1, 0.15) is 35.4 Å². The topological polar surface area (TPSA) is 51.9 Å². The molecule has 1 aromatic heterocycles. The molecule has 3 aromatic carbocycles. The van der Waals surface area contributed by atoms with Crippen LogP contribution in [-0.2, 0) is 13.1 Å². The zero-order valence-electron chi connectivity index (χ0n) is 17.9. The van der Waals surface area contributed by atoms with E-state index in [2.05, 4.69) is 4.90 Å². The molecule has 32 heavy (non-hydrogen) atoms. The van der Waals surface area contributed by atoms with Crippen LogP contribution in [0.15, 0.2) is 69.9 Å². The fourth-order valence-corrected chi connectivity index (χ4v) is 4.16. The van der Waals surface area contributed by atoms with Crippen LogP contribution in [0.1, 0.15) is 16.9 Å². The van der Waals surface area contributed by atoms with Gasteiger partial charge in [0, 0.05) is 13.1 Å². The Balaban J connectivity index is 1.53. The lowest BCUT2D eigenvalue weighted by atomic mass is 10.0. The van der Waals surface area contributed by atoms with Crippen molar-refractivity contribution in [2.45, 2.75) is 20.0 Å². The standard InChI is InChI=1S/C26H22FNO4/c1-16-24(18-5-9-20(30-2)10-6-18)25(29)21-11-12-23-22(26(21)32-16)14-28(15-31-23)13-17-3-7-19(27)8-4-17/h3-12H,13-15H2,1-2H3. The van der Waals surface area contributed by atoms with Gasteiger partial charge < -0.3 is 13.9 Å². The normalized spacial score (nSPS) is 13.6. The molecule has 0 saturated heterocycles. The number of hydrogen-bond donors (Lipinski definition) is 0. The van der Waals surface area contributed by atoms with Crippen LogP contribution < -0.4 is 14.9 Å². The summed E-state index contributed by atoms with van der Waals surface area (Å²) in [6.07, 6.45) is 0. The van der Waals surface area contributed by atoms with Crippen LogP contribution in [0.2, 0.25) is 0 Å². The number of ether oxygens (including phenoxy) is 2. The summed E-state index contributed by atoms with van der Waals surface area (Å²) < 4.78 is 30.6. The largest absolute Gasteiger partial charge is 0.497 e. The van der Waals surface area contributed by atoms with Crippen molar-refractivity contribution in [2.24, 2.45) is 0 Å². The van der Waals surface area contributed by atoms with Crippen molar-refractivity contribution >= 4 is 11.0 Å². The Morgan fingerprint density at radius 2 is 1.78 bits per heavy atom. The number of nitrogens with zero attached hydrogens (tertiary/aromatic N) is 1. The van der Waals surface area contributed by atoms with Gasteiger partial charge in [-0.15, -0.1) is 0 Å². The van der Waals surface area contributed by atoms with Gasteiger partial charge in [0.15, 0.2) is 0 Å². The summed E-state index contributed by atoms with van der Waals surface area (Å²) in [5.74, 6) is 1.73. The molecule has 0 fully saturated rings. The second-order valence-electron chi connectivity index (χ2n) is 7.90. The maximum absolute atomic E-state index is 13.4. The predicted molar refractivity (Wildman–Crippen MR) is 120 cm³/mol. The summed E-state index contributed by atoms with van der Waals surface area (Å²) in [6.45, 7) is 3.38. The Morgan fingerprint density at radius 1 is 1.03 bits per heavy atom. The van der Waals surface area contributed by atoms with E-state index < -0.39 is 0 Å². The van der Waals surface area contributed by atoms with Crippen LogP contribution in [0.4, 0.5) is 4.39 Å². The van der Waals surface area contributed by atoms with E-state index in [4.69, 9.17) is 13.9 Å². The van der Waals surface area contributed by atoms with E-state index >= 15 is 0 Å². The molecule has 162 valence electrons. The lowest BCUT2D eigenvalue weighted by molar-refractivity contribution is 0.0889. The smallest absolute Gasteiger partial charge is 0.200 e. The van der Waals surface area contributed by atoms with E-state index in [-0.39, 0.29) is 11.2 Å². The number of halogens is 1. The van der Waals surface area contributed by atoms with E-state index in [9.17, 15) is 9.18 Å². The zero-order valence-corrected chi connectivity index (χ0v) is 17.9. The first kappa shape index (κ1) is 20.3. The minimum absolute atomic E-state index is 0.0765. The third kappa shape index (κ3) is 3.63. The quantitative estimate of drug-likeness (QED) is 0.441. The first-order valence-electron chi connectivity index (χ1n) is 10.4. The maximum Gasteiger partial charge on any atom is 0.200 e. The van der Waals surface area contributed by atoms with Gasteiger partial charge in [-0.3, -0.25) is 9.69 Å². The lowest BCUT2D eigenvalue weighted by Gasteiger charge is -2.29. The van der Waals surface area contributed by atoms with E-state index in [1.807, 2.05) is 30.3 Å². The van der Waals surface area contributed by atoms with Gasteiger partial charge in [-0.2, -0.15) is 0 Å². The molecule has 2 heterocycles.